The Hall–Kier alpha value is -0.790. The van der Waals surface area contributed by atoms with E-state index in [0.29, 0.717) is 0 Å². The summed E-state index contributed by atoms with van der Waals surface area (Å²) in [4.78, 5) is 4.68. The summed E-state index contributed by atoms with van der Waals surface area (Å²) in [5.74, 6) is 0.774. The third kappa shape index (κ3) is 4.11. The van der Waals surface area contributed by atoms with E-state index in [0.717, 1.165) is 11.6 Å². The van der Waals surface area contributed by atoms with E-state index in [4.69, 9.17) is 0 Å². The molecule has 1 saturated carbocycles. The topological polar surface area (TPSA) is 21.6 Å². The summed E-state index contributed by atoms with van der Waals surface area (Å²) < 4.78 is 0. The largest absolute Gasteiger partial charge is 0.399 e. The van der Waals surface area contributed by atoms with Crippen LogP contribution < -0.4 is 0 Å². The van der Waals surface area contributed by atoms with Crippen LogP contribution in [0.1, 0.15) is 39.0 Å². The van der Waals surface area contributed by atoms with Gasteiger partial charge in [0.1, 0.15) is 7.11 Å². The van der Waals surface area contributed by atoms with Crippen LogP contribution in [0, 0.1) is 5.92 Å². The molecule has 0 aromatic rings. The zero-order valence-electron chi connectivity index (χ0n) is 8.62. The Kier molecular flexibility index (Phi) is 4.58. The van der Waals surface area contributed by atoms with Crippen molar-refractivity contribution >= 4 is 5.71 Å². The molecule has 2 heteroatoms. The van der Waals surface area contributed by atoms with Crippen LogP contribution in [-0.4, -0.2) is 12.8 Å². The van der Waals surface area contributed by atoms with Crippen LogP contribution in [0.5, 0.6) is 0 Å². The summed E-state index contributed by atoms with van der Waals surface area (Å²) in [6, 6.07) is 0. The van der Waals surface area contributed by atoms with Crippen molar-refractivity contribution in [1.82, 2.24) is 0 Å². The van der Waals surface area contributed by atoms with Crippen LogP contribution in [-0.2, 0) is 4.84 Å². The quantitative estimate of drug-likeness (QED) is 0.484. The van der Waals surface area contributed by atoms with Gasteiger partial charge in [0.05, 0.1) is 5.71 Å². The second kappa shape index (κ2) is 5.79. The van der Waals surface area contributed by atoms with Crippen LogP contribution in [0.4, 0.5) is 0 Å². The first-order valence-corrected chi connectivity index (χ1v) is 5.09. The summed E-state index contributed by atoms with van der Waals surface area (Å²) in [6.07, 6.45) is 11.2. The molecular formula is C11H19NO. The highest BCUT2D eigenvalue weighted by atomic mass is 16.6. The van der Waals surface area contributed by atoms with E-state index < -0.39 is 0 Å². The Balaban J connectivity index is 2.33. The summed E-state index contributed by atoms with van der Waals surface area (Å²) in [7, 11) is 1.58. The normalized spacial score (nSPS) is 20.9. The van der Waals surface area contributed by atoms with Crippen LogP contribution in [0.2, 0.25) is 0 Å². The zero-order chi connectivity index (χ0) is 9.52. The van der Waals surface area contributed by atoms with Crippen molar-refractivity contribution in [3.05, 3.63) is 12.2 Å². The maximum absolute atomic E-state index is 4.68. The fourth-order valence-corrected chi connectivity index (χ4v) is 1.78. The van der Waals surface area contributed by atoms with Gasteiger partial charge in [0, 0.05) is 0 Å². The van der Waals surface area contributed by atoms with Crippen molar-refractivity contribution in [1.29, 1.82) is 0 Å². The molecule has 0 aromatic heterocycles. The number of nitrogens with zero attached hydrogens (tertiary/aromatic N) is 1. The summed E-state index contributed by atoms with van der Waals surface area (Å²) >= 11 is 0. The molecule has 13 heavy (non-hydrogen) atoms. The number of rotatable bonds is 3. The Morgan fingerprint density at radius 2 is 2.00 bits per heavy atom. The zero-order valence-corrected chi connectivity index (χ0v) is 8.62. The van der Waals surface area contributed by atoms with E-state index in [9.17, 15) is 0 Å². The molecule has 0 bridgehead atoms. The Bertz CT molecular complexity index is 190. The molecule has 0 aliphatic heterocycles. The molecular weight excluding hydrogens is 162 g/mol. The fraction of sp³-hybridized carbons (Fsp3) is 0.727. The maximum atomic E-state index is 4.68. The van der Waals surface area contributed by atoms with Gasteiger partial charge < -0.3 is 4.84 Å². The Morgan fingerprint density at radius 1 is 1.31 bits per heavy atom. The second-order valence-corrected chi connectivity index (χ2v) is 3.67. The minimum absolute atomic E-state index is 0.774. The molecule has 0 aromatic carbocycles. The fourth-order valence-electron chi connectivity index (χ4n) is 1.78. The monoisotopic (exact) mass is 181 g/mol. The smallest absolute Gasteiger partial charge is 0.106 e. The molecule has 0 unspecified atom stereocenters. The van der Waals surface area contributed by atoms with Crippen LogP contribution in [0.25, 0.3) is 0 Å². The highest BCUT2D eigenvalue weighted by Gasteiger charge is 2.09. The first-order valence-electron chi connectivity index (χ1n) is 5.09. The average molecular weight is 181 g/mol. The van der Waals surface area contributed by atoms with E-state index >= 15 is 0 Å². The van der Waals surface area contributed by atoms with Gasteiger partial charge in [-0.15, -0.1) is 0 Å². The van der Waals surface area contributed by atoms with Crippen molar-refractivity contribution in [3.63, 3.8) is 0 Å². The van der Waals surface area contributed by atoms with Gasteiger partial charge in [-0.1, -0.05) is 30.5 Å². The highest BCUT2D eigenvalue weighted by molar-refractivity contribution is 5.92. The molecule has 74 valence electrons. The Morgan fingerprint density at radius 3 is 2.62 bits per heavy atom. The molecule has 2 nitrogen and oxygen atoms in total. The van der Waals surface area contributed by atoms with Gasteiger partial charge in [-0.3, -0.25) is 0 Å². The molecule has 0 heterocycles. The number of oxime groups is 1. The minimum Gasteiger partial charge on any atom is -0.399 e. The van der Waals surface area contributed by atoms with Gasteiger partial charge >= 0.3 is 0 Å². The first-order chi connectivity index (χ1) is 6.33. The first kappa shape index (κ1) is 10.3. The van der Waals surface area contributed by atoms with Gasteiger partial charge in [-0.05, 0) is 31.8 Å². The molecule has 0 spiro atoms. The summed E-state index contributed by atoms with van der Waals surface area (Å²) in [5, 5.41) is 3.84. The SMILES string of the molecule is CON=C(C)C=CC1CCCCC1. The summed E-state index contributed by atoms with van der Waals surface area (Å²) in [6.45, 7) is 1.96. The van der Waals surface area contributed by atoms with E-state index in [-0.39, 0.29) is 0 Å². The number of hydrogen-bond donors (Lipinski definition) is 0. The average Bonchev–Trinajstić information content (AvgIpc) is 2.17. The lowest BCUT2D eigenvalue weighted by molar-refractivity contribution is 0.213. The molecule has 1 aliphatic carbocycles. The van der Waals surface area contributed by atoms with Gasteiger partial charge in [0.25, 0.3) is 0 Å². The molecule has 0 atom stereocenters. The molecule has 1 aliphatic rings. The highest BCUT2D eigenvalue weighted by Crippen LogP contribution is 2.24. The Labute approximate surface area is 80.7 Å². The molecule has 0 radical (unpaired) electrons. The van der Waals surface area contributed by atoms with Crippen LogP contribution in [0.15, 0.2) is 17.3 Å². The molecule has 1 fully saturated rings. The molecule has 0 N–H and O–H groups in total. The van der Waals surface area contributed by atoms with Gasteiger partial charge in [0.2, 0.25) is 0 Å². The second-order valence-electron chi connectivity index (χ2n) is 3.67. The van der Waals surface area contributed by atoms with E-state index in [2.05, 4.69) is 22.1 Å². The minimum atomic E-state index is 0.774. The van der Waals surface area contributed by atoms with Crippen LogP contribution in [0.3, 0.4) is 0 Å². The van der Waals surface area contributed by atoms with Crippen molar-refractivity contribution in [2.45, 2.75) is 39.0 Å². The van der Waals surface area contributed by atoms with Gasteiger partial charge in [0.15, 0.2) is 0 Å². The predicted molar refractivity (Wildman–Crippen MR) is 55.8 cm³/mol. The van der Waals surface area contributed by atoms with E-state index in [1.165, 1.54) is 32.1 Å². The lowest BCUT2D eigenvalue weighted by atomic mass is 9.89. The predicted octanol–water partition coefficient (Wildman–Crippen LogP) is 3.15. The van der Waals surface area contributed by atoms with Crippen molar-refractivity contribution in [3.8, 4) is 0 Å². The maximum Gasteiger partial charge on any atom is 0.106 e. The van der Waals surface area contributed by atoms with Crippen LogP contribution >= 0.6 is 0 Å². The number of hydrogen-bond acceptors (Lipinski definition) is 2. The van der Waals surface area contributed by atoms with Crippen molar-refractivity contribution < 1.29 is 4.84 Å². The van der Waals surface area contributed by atoms with E-state index in [1.807, 2.05) is 6.92 Å². The van der Waals surface area contributed by atoms with Gasteiger partial charge in [-0.2, -0.15) is 0 Å². The number of allylic oxidation sites excluding steroid dienone is 2. The standard InChI is InChI=1S/C11H19NO/c1-10(12-13-2)8-9-11-6-4-3-5-7-11/h8-9,11H,3-7H2,1-2H3. The molecule has 1 rings (SSSR count). The van der Waals surface area contributed by atoms with E-state index in [1.54, 1.807) is 7.11 Å². The third-order valence-corrected chi connectivity index (χ3v) is 2.49. The lowest BCUT2D eigenvalue weighted by Gasteiger charge is -2.17. The van der Waals surface area contributed by atoms with Crippen molar-refractivity contribution in [2.75, 3.05) is 7.11 Å². The van der Waals surface area contributed by atoms with Crippen molar-refractivity contribution in [2.24, 2.45) is 11.1 Å². The van der Waals surface area contributed by atoms with Gasteiger partial charge in [-0.25, -0.2) is 0 Å². The molecule has 0 amide bonds. The molecule has 0 saturated heterocycles. The lowest BCUT2D eigenvalue weighted by Crippen LogP contribution is -2.03. The summed E-state index contributed by atoms with van der Waals surface area (Å²) in [5.41, 5.74) is 0.952. The third-order valence-electron chi connectivity index (χ3n) is 2.49.